The van der Waals surface area contributed by atoms with Gasteiger partial charge in [-0.05, 0) is 12.8 Å². The Hall–Kier alpha value is -0.700. The van der Waals surface area contributed by atoms with Crippen molar-refractivity contribution in [2.45, 2.75) is 54.4 Å². The van der Waals surface area contributed by atoms with Gasteiger partial charge in [0.25, 0.3) is 0 Å². The third kappa shape index (κ3) is 185. The molecular formula is C13H28. The minimum absolute atomic E-state index is 1.08. The van der Waals surface area contributed by atoms with Crippen LogP contribution in [0.2, 0.25) is 0 Å². The molecule has 0 N–H and O–H groups in total. The quantitative estimate of drug-likeness (QED) is 0.370. The molecule has 0 nitrogen and oxygen atoms in total. The fourth-order valence-electron chi connectivity index (χ4n) is 0.167. The summed E-state index contributed by atoms with van der Waals surface area (Å²) in [5, 5.41) is 0. The molecule has 0 amide bonds. The number of hydrogen-bond donors (Lipinski definition) is 0. The van der Waals surface area contributed by atoms with Gasteiger partial charge in [0.1, 0.15) is 0 Å². The monoisotopic (exact) mass is 184 g/mol. The summed E-state index contributed by atoms with van der Waals surface area (Å²) in [6.07, 6.45) is 12.7. The van der Waals surface area contributed by atoms with Gasteiger partial charge in [0.05, 0.1) is 0 Å². The summed E-state index contributed by atoms with van der Waals surface area (Å²) in [6.45, 7) is 15.5. The Morgan fingerprint density at radius 1 is 1.08 bits per heavy atom. The molecule has 0 unspecified atom stereocenters. The lowest BCUT2D eigenvalue weighted by molar-refractivity contribution is 0.983. The van der Waals surface area contributed by atoms with Gasteiger partial charge >= 0.3 is 0 Å². The molecule has 0 aromatic rings. The number of rotatable bonds is 0. The van der Waals surface area contributed by atoms with Crippen molar-refractivity contribution in [3.8, 4) is 12.8 Å². The smallest absolute Gasteiger partial charge is 0.0443 e. The zero-order valence-electron chi connectivity index (χ0n) is 10.4. The number of allylic oxidation sites excluding steroid dienone is 1. The van der Waals surface area contributed by atoms with Gasteiger partial charge in [-0.3, -0.25) is 0 Å². The topological polar surface area (TPSA) is 0 Å². The van der Waals surface area contributed by atoms with Gasteiger partial charge in [-0.15, -0.1) is 19.4 Å². The lowest BCUT2D eigenvalue weighted by atomic mass is 10.5. The van der Waals surface area contributed by atoms with Crippen LogP contribution in [0.1, 0.15) is 54.4 Å². The summed E-state index contributed by atoms with van der Waals surface area (Å²) >= 11 is 0. The highest BCUT2D eigenvalue weighted by molar-refractivity contribution is 4.65. The largest absolute Gasteiger partial charge is 0.124 e. The van der Waals surface area contributed by atoms with E-state index in [1.165, 1.54) is 12.8 Å². The molecule has 0 aromatic heterocycles. The average Bonchev–Trinajstić information content (AvgIpc) is 2.99. The van der Waals surface area contributed by atoms with E-state index in [1.54, 1.807) is 6.08 Å². The molecule has 0 aromatic carbocycles. The molecule has 0 heterocycles. The minimum Gasteiger partial charge on any atom is -0.124 e. The summed E-state index contributed by atoms with van der Waals surface area (Å²) in [5.41, 5.74) is 0. The Morgan fingerprint density at radius 2 is 1.15 bits per heavy atom. The van der Waals surface area contributed by atoms with E-state index in [4.69, 9.17) is 0 Å². The van der Waals surface area contributed by atoms with Crippen molar-refractivity contribution in [2.24, 2.45) is 5.92 Å². The summed E-state index contributed by atoms with van der Waals surface area (Å²) in [7, 11) is 0. The fourth-order valence-corrected chi connectivity index (χ4v) is 0.167. The standard InChI is InChI=1S/C4H8.C3H6.2C2H6.C2H2/c1-4-2-3-4;1-3-2;3*1-2/h4H,2-3H2,1H3;3H,1H2,2H3;2*1-2H3;1-2H. The van der Waals surface area contributed by atoms with Gasteiger partial charge in [-0.2, -0.15) is 0 Å². The molecule has 1 saturated carbocycles. The molecular weight excluding hydrogens is 156 g/mol. The van der Waals surface area contributed by atoms with Crippen molar-refractivity contribution >= 4 is 0 Å². The lowest BCUT2D eigenvalue weighted by Crippen LogP contribution is -1.42. The summed E-state index contributed by atoms with van der Waals surface area (Å²) < 4.78 is 0. The fraction of sp³-hybridized carbons (Fsp3) is 0.692. The van der Waals surface area contributed by atoms with Gasteiger partial charge in [-0.1, -0.05) is 53.5 Å². The highest BCUT2D eigenvalue weighted by Gasteiger charge is 2.12. The van der Waals surface area contributed by atoms with Gasteiger partial charge < -0.3 is 0 Å². The normalized spacial score (nSPS) is 10.2. The summed E-state index contributed by atoms with van der Waals surface area (Å²) in [5.74, 6) is 1.08. The van der Waals surface area contributed by atoms with Crippen molar-refractivity contribution in [2.75, 3.05) is 0 Å². The van der Waals surface area contributed by atoms with Gasteiger partial charge in [0.2, 0.25) is 0 Å². The highest BCUT2D eigenvalue weighted by Crippen LogP contribution is 2.26. The molecule has 1 fully saturated rings. The zero-order chi connectivity index (χ0) is 11.7. The third-order valence-electron chi connectivity index (χ3n) is 0.866. The van der Waals surface area contributed by atoms with Crippen molar-refractivity contribution in [1.82, 2.24) is 0 Å². The van der Waals surface area contributed by atoms with E-state index in [2.05, 4.69) is 26.3 Å². The predicted molar refractivity (Wildman–Crippen MR) is 66.9 cm³/mol. The summed E-state index contributed by atoms with van der Waals surface area (Å²) in [6, 6.07) is 0. The second-order valence-corrected chi connectivity index (χ2v) is 2.09. The van der Waals surface area contributed by atoms with Gasteiger partial charge in [-0.25, -0.2) is 0 Å². The van der Waals surface area contributed by atoms with Crippen molar-refractivity contribution in [3.05, 3.63) is 12.7 Å². The molecule has 0 radical (unpaired) electrons. The highest BCUT2D eigenvalue weighted by atomic mass is 14.2. The predicted octanol–water partition coefficient (Wildman–Crippen LogP) is 4.91. The van der Waals surface area contributed by atoms with E-state index in [9.17, 15) is 0 Å². The van der Waals surface area contributed by atoms with Crippen LogP contribution in [0.3, 0.4) is 0 Å². The first-order valence-corrected chi connectivity index (χ1v) is 5.21. The lowest BCUT2D eigenvalue weighted by Gasteiger charge is -1.53. The Morgan fingerprint density at radius 3 is 1.15 bits per heavy atom. The van der Waals surface area contributed by atoms with Crippen LogP contribution in [0.4, 0.5) is 0 Å². The van der Waals surface area contributed by atoms with Gasteiger partial charge in [0, 0.05) is 0 Å². The van der Waals surface area contributed by atoms with Crippen LogP contribution in [0.15, 0.2) is 12.7 Å². The van der Waals surface area contributed by atoms with E-state index < -0.39 is 0 Å². The molecule has 0 bridgehead atoms. The molecule has 0 heteroatoms. The third-order valence-corrected chi connectivity index (χ3v) is 0.866. The molecule has 0 spiro atoms. The van der Waals surface area contributed by atoms with Crippen LogP contribution >= 0.6 is 0 Å². The van der Waals surface area contributed by atoms with E-state index in [1.807, 2.05) is 34.6 Å². The molecule has 0 saturated heterocycles. The second kappa shape index (κ2) is 42.7. The number of terminal acetylenes is 1. The van der Waals surface area contributed by atoms with Crippen LogP contribution in [0.5, 0.6) is 0 Å². The Bertz CT molecular complexity index is 65.4. The first-order chi connectivity index (χ1) is 6.31. The Balaban J connectivity index is -0.0000000413. The van der Waals surface area contributed by atoms with Crippen LogP contribution in [-0.2, 0) is 0 Å². The van der Waals surface area contributed by atoms with Crippen molar-refractivity contribution in [3.63, 3.8) is 0 Å². The SMILES string of the molecule is C#C.C=CC.CC.CC.CC1CC1. The molecule has 0 aliphatic heterocycles. The van der Waals surface area contributed by atoms with Crippen LogP contribution in [0.25, 0.3) is 0 Å². The molecule has 1 aliphatic rings. The Kier molecular flexibility index (Phi) is 74.8. The van der Waals surface area contributed by atoms with Crippen LogP contribution in [0, 0.1) is 18.8 Å². The second-order valence-electron chi connectivity index (χ2n) is 2.09. The van der Waals surface area contributed by atoms with E-state index in [0.29, 0.717) is 0 Å². The molecule has 13 heavy (non-hydrogen) atoms. The number of hydrogen-bond acceptors (Lipinski definition) is 0. The van der Waals surface area contributed by atoms with Crippen molar-refractivity contribution < 1.29 is 0 Å². The maximum atomic E-state index is 4.00. The zero-order valence-corrected chi connectivity index (χ0v) is 10.4. The van der Waals surface area contributed by atoms with Crippen LogP contribution < -0.4 is 0 Å². The molecule has 80 valence electrons. The maximum absolute atomic E-state index is 4.00. The van der Waals surface area contributed by atoms with E-state index in [-0.39, 0.29) is 0 Å². The van der Waals surface area contributed by atoms with E-state index in [0.717, 1.165) is 5.92 Å². The van der Waals surface area contributed by atoms with Crippen molar-refractivity contribution in [1.29, 1.82) is 0 Å². The molecule has 1 rings (SSSR count). The van der Waals surface area contributed by atoms with Crippen LogP contribution in [-0.4, -0.2) is 0 Å². The molecule has 1 aliphatic carbocycles. The average molecular weight is 184 g/mol. The first kappa shape index (κ1) is 22.8. The maximum Gasteiger partial charge on any atom is -0.0443 e. The van der Waals surface area contributed by atoms with Gasteiger partial charge in [0.15, 0.2) is 0 Å². The molecule has 0 atom stereocenters. The Labute approximate surface area is 86.4 Å². The summed E-state index contributed by atoms with van der Waals surface area (Å²) in [4.78, 5) is 0. The van der Waals surface area contributed by atoms with E-state index >= 15 is 0 Å². The first-order valence-electron chi connectivity index (χ1n) is 5.21. The minimum atomic E-state index is 1.08.